The van der Waals surface area contributed by atoms with E-state index in [2.05, 4.69) is 47.6 Å². The average Bonchev–Trinajstić information content (AvgIpc) is 3.33. The SMILES string of the molecule is Nc1c(-c2ccccc2)c([C@H]2CC[C@H](CC(=O)O)CC2)nc2c(-c3ccc4ccccc4c3)cnn12. The standard InChI is InChI=1S/C30H28N4O2/c31-29-27(21-7-2-1-3-8-21)28(22-12-10-19(11-13-22)16-26(35)36)33-30-25(18-32-34(29)30)24-15-14-20-6-4-5-9-23(20)17-24/h1-9,14-15,17-19,22H,10-13,16,31H2,(H,35,36)/t19-,22-. The minimum atomic E-state index is -0.716. The van der Waals surface area contributed by atoms with Crippen molar-refractivity contribution in [1.82, 2.24) is 14.6 Å². The number of anilines is 1. The number of carboxylic acid groups (broad SMARTS) is 1. The van der Waals surface area contributed by atoms with E-state index in [9.17, 15) is 9.90 Å². The molecule has 3 N–H and O–H groups in total. The first-order valence-corrected chi connectivity index (χ1v) is 12.5. The fourth-order valence-electron chi connectivity index (χ4n) is 5.68. The Labute approximate surface area is 209 Å². The number of nitrogens with two attached hydrogens (primary N) is 1. The number of rotatable bonds is 5. The zero-order chi connectivity index (χ0) is 24.6. The van der Waals surface area contributed by atoms with Crippen LogP contribution < -0.4 is 5.73 Å². The summed E-state index contributed by atoms with van der Waals surface area (Å²) in [5.41, 5.74) is 12.5. The molecule has 1 saturated carbocycles. The average molecular weight is 477 g/mol. The maximum absolute atomic E-state index is 11.2. The molecule has 1 aliphatic rings. The summed E-state index contributed by atoms with van der Waals surface area (Å²) >= 11 is 0. The van der Waals surface area contributed by atoms with Crippen molar-refractivity contribution in [1.29, 1.82) is 0 Å². The zero-order valence-corrected chi connectivity index (χ0v) is 20.0. The van der Waals surface area contributed by atoms with Gasteiger partial charge in [-0.05, 0) is 59.6 Å². The Hall–Kier alpha value is -4.19. The molecule has 0 amide bonds. The number of aliphatic carboxylic acids is 1. The van der Waals surface area contributed by atoms with Crippen molar-refractivity contribution in [3.63, 3.8) is 0 Å². The highest BCUT2D eigenvalue weighted by molar-refractivity contribution is 5.91. The first kappa shape index (κ1) is 22.3. The Kier molecular flexibility index (Phi) is 5.64. The van der Waals surface area contributed by atoms with Crippen molar-refractivity contribution >= 4 is 28.2 Å². The Morgan fingerprint density at radius 3 is 2.39 bits per heavy atom. The van der Waals surface area contributed by atoms with Gasteiger partial charge in [-0.15, -0.1) is 0 Å². The van der Waals surface area contributed by atoms with Gasteiger partial charge in [-0.2, -0.15) is 9.61 Å². The van der Waals surface area contributed by atoms with Crippen LogP contribution in [0.4, 0.5) is 5.82 Å². The molecule has 0 radical (unpaired) electrons. The van der Waals surface area contributed by atoms with Crippen LogP contribution in [-0.2, 0) is 4.79 Å². The summed E-state index contributed by atoms with van der Waals surface area (Å²) in [6.07, 6.45) is 5.66. The molecular weight excluding hydrogens is 448 g/mol. The van der Waals surface area contributed by atoms with Gasteiger partial charge in [0.25, 0.3) is 0 Å². The van der Waals surface area contributed by atoms with Crippen LogP contribution in [0.1, 0.15) is 43.7 Å². The summed E-state index contributed by atoms with van der Waals surface area (Å²) in [6, 6.07) is 24.9. The number of fused-ring (bicyclic) bond motifs is 2. The molecule has 5 aromatic rings. The minimum absolute atomic E-state index is 0.219. The topological polar surface area (TPSA) is 93.5 Å². The first-order chi connectivity index (χ1) is 17.6. The van der Waals surface area contributed by atoms with E-state index in [1.54, 1.807) is 4.52 Å². The van der Waals surface area contributed by atoms with Crippen LogP contribution >= 0.6 is 0 Å². The lowest BCUT2D eigenvalue weighted by Crippen LogP contribution is -2.19. The Morgan fingerprint density at radius 2 is 1.64 bits per heavy atom. The lowest BCUT2D eigenvalue weighted by atomic mass is 9.77. The van der Waals surface area contributed by atoms with Gasteiger partial charge in [0.2, 0.25) is 0 Å². The van der Waals surface area contributed by atoms with Crippen LogP contribution in [0.5, 0.6) is 0 Å². The van der Waals surface area contributed by atoms with Crippen molar-refractivity contribution in [2.45, 2.75) is 38.0 Å². The molecule has 2 heterocycles. The molecule has 2 aromatic heterocycles. The van der Waals surface area contributed by atoms with Crippen LogP contribution in [0.25, 0.3) is 38.7 Å². The Morgan fingerprint density at radius 1 is 0.917 bits per heavy atom. The van der Waals surface area contributed by atoms with Gasteiger partial charge in [0, 0.05) is 23.5 Å². The summed E-state index contributed by atoms with van der Waals surface area (Å²) in [5, 5.41) is 16.3. The molecule has 6 rings (SSSR count). The number of hydrogen-bond donors (Lipinski definition) is 2. The quantitative estimate of drug-likeness (QED) is 0.300. The molecule has 0 bridgehead atoms. The van der Waals surface area contributed by atoms with Gasteiger partial charge in [0.05, 0.1) is 11.9 Å². The molecule has 0 saturated heterocycles. The number of nitrogens with zero attached hydrogens (tertiary/aromatic N) is 3. The highest BCUT2D eigenvalue weighted by atomic mass is 16.4. The number of hydrogen-bond acceptors (Lipinski definition) is 4. The molecule has 180 valence electrons. The fraction of sp³-hybridized carbons (Fsp3) is 0.233. The number of nitrogen functional groups attached to an aromatic ring is 1. The summed E-state index contributed by atoms with van der Waals surface area (Å²) in [5.74, 6) is 0.312. The molecule has 36 heavy (non-hydrogen) atoms. The maximum Gasteiger partial charge on any atom is 0.303 e. The van der Waals surface area contributed by atoms with E-state index >= 15 is 0 Å². The minimum Gasteiger partial charge on any atom is -0.481 e. The lowest BCUT2D eigenvalue weighted by molar-refractivity contribution is -0.138. The van der Waals surface area contributed by atoms with E-state index in [1.165, 1.54) is 10.8 Å². The number of benzene rings is 3. The third-order valence-electron chi connectivity index (χ3n) is 7.53. The predicted octanol–water partition coefficient (Wildman–Crippen LogP) is 6.55. The maximum atomic E-state index is 11.2. The van der Waals surface area contributed by atoms with Crippen LogP contribution in [0.3, 0.4) is 0 Å². The molecule has 0 unspecified atom stereocenters. The van der Waals surface area contributed by atoms with Gasteiger partial charge < -0.3 is 10.8 Å². The van der Waals surface area contributed by atoms with Crippen molar-refractivity contribution in [3.05, 3.63) is 84.7 Å². The van der Waals surface area contributed by atoms with Crippen LogP contribution in [0, 0.1) is 5.92 Å². The van der Waals surface area contributed by atoms with Crippen molar-refractivity contribution in [2.24, 2.45) is 5.92 Å². The number of aromatic nitrogens is 3. The molecule has 0 atom stereocenters. The van der Waals surface area contributed by atoms with E-state index in [0.29, 0.717) is 5.82 Å². The molecule has 1 aliphatic carbocycles. The van der Waals surface area contributed by atoms with Gasteiger partial charge in [0.1, 0.15) is 5.82 Å². The second-order valence-corrected chi connectivity index (χ2v) is 9.79. The third kappa shape index (κ3) is 3.98. The molecule has 3 aromatic carbocycles. The summed E-state index contributed by atoms with van der Waals surface area (Å²) in [7, 11) is 0. The number of carboxylic acids is 1. The molecule has 0 aliphatic heterocycles. The van der Waals surface area contributed by atoms with Crippen molar-refractivity contribution in [2.75, 3.05) is 5.73 Å². The summed E-state index contributed by atoms with van der Waals surface area (Å²) in [4.78, 5) is 16.5. The highest BCUT2D eigenvalue weighted by Crippen LogP contribution is 2.43. The van der Waals surface area contributed by atoms with E-state index in [1.807, 2.05) is 36.5 Å². The Bertz CT molecular complexity index is 1570. The highest BCUT2D eigenvalue weighted by Gasteiger charge is 2.29. The van der Waals surface area contributed by atoms with Crippen LogP contribution in [-0.4, -0.2) is 25.7 Å². The Balaban J connectivity index is 1.49. The lowest BCUT2D eigenvalue weighted by Gasteiger charge is -2.29. The smallest absolute Gasteiger partial charge is 0.303 e. The molecule has 6 heteroatoms. The van der Waals surface area contributed by atoms with Gasteiger partial charge in [0.15, 0.2) is 5.65 Å². The fourth-order valence-corrected chi connectivity index (χ4v) is 5.68. The van der Waals surface area contributed by atoms with Crippen LogP contribution in [0.2, 0.25) is 0 Å². The van der Waals surface area contributed by atoms with Gasteiger partial charge >= 0.3 is 5.97 Å². The van der Waals surface area contributed by atoms with Gasteiger partial charge in [-0.25, -0.2) is 4.98 Å². The second kappa shape index (κ2) is 9.11. The van der Waals surface area contributed by atoms with Crippen LogP contribution in [0.15, 0.2) is 79.0 Å². The summed E-state index contributed by atoms with van der Waals surface area (Å²) < 4.78 is 1.76. The molecule has 6 nitrogen and oxygen atoms in total. The molecular formula is C30H28N4O2. The molecule has 1 fully saturated rings. The van der Waals surface area contributed by atoms with E-state index < -0.39 is 5.97 Å². The molecule has 0 spiro atoms. The monoisotopic (exact) mass is 476 g/mol. The predicted molar refractivity (Wildman–Crippen MR) is 143 cm³/mol. The normalized spacial score (nSPS) is 18.0. The van der Waals surface area contributed by atoms with Crippen molar-refractivity contribution in [3.8, 4) is 22.3 Å². The van der Waals surface area contributed by atoms with E-state index in [-0.39, 0.29) is 18.3 Å². The van der Waals surface area contributed by atoms with E-state index in [4.69, 9.17) is 10.7 Å². The second-order valence-electron chi connectivity index (χ2n) is 9.79. The summed E-state index contributed by atoms with van der Waals surface area (Å²) in [6.45, 7) is 0. The number of carbonyl (C=O) groups is 1. The third-order valence-corrected chi connectivity index (χ3v) is 7.53. The zero-order valence-electron chi connectivity index (χ0n) is 20.0. The first-order valence-electron chi connectivity index (χ1n) is 12.5. The van der Waals surface area contributed by atoms with Crippen molar-refractivity contribution < 1.29 is 9.90 Å². The largest absolute Gasteiger partial charge is 0.481 e. The van der Waals surface area contributed by atoms with Gasteiger partial charge in [-0.3, -0.25) is 4.79 Å². The van der Waals surface area contributed by atoms with Gasteiger partial charge in [-0.1, -0.05) is 66.7 Å². The van der Waals surface area contributed by atoms with E-state index in [0.717, 1.165) is 59.3 Å².